The van der Waals surface area contributed by atoms with Gasteiger partial charge in [0.15, 0.2) is 0 Å². The lowest BCUT2D eigenvalue weighted by molar-refractivity contribution is 1.17. The summed E-state index contributed by atoms with van der Waals surface area (Å²) in [4.78, 5) is 14.0. The number of pyridine rings is 1. The third kappa shape index (κ3) is 4.12. The second-order valence-corrected chi connectivity index (χ2v) is 14.8. The molecule has 0 aliphatic heterocycles. The van der Waals surface area contributed by atoms with Gasteiger partial charge in [0.05, 0.1) is 22.1 Å². The molecule has 248 valence electrons. The highest BCUT2D eigenvalue weighted by Gasteiger charge is 2.22. The Morgan fingerprint density at radius 1 is 0.491 bits per heavy atom. The van der Waals surface area contributed by atoms with Crippen LogP contribution in [0.25, 0.3) is 109 Å². The maximum atomic E-state index is 14.0. The van der Waals surface area contributed by atoms with Crippen molar-refractivity contribution in [2.24, 2.45) is 0 Å². The topological polar surface area (TPSA) is 26.4 Å². The number of nitrogens with zero attached hydrogens (tertiary/aromatic N) is 2. The monoisotopic (exact) mass is 694 g/mol. The molecule has 0 unspecified atom stereocenters. The first kappa shape index (κ1) is 29.9. The molecule has 11 rings (SSSR count). The van der Waals surface area contributed by atoms with E-state index >= 15 is 0 Å². The molecule has 0 saturated heterocycles. The summed E-state index contributed by atoms with van der Waals surface area (Å²) >= 11 is 1.86. The number of thiophene rings is 1. The van der Waals surface area contributed by atoms with E-state index in [9.17, 15) is 4.79 Å². The lowest BCUT2D eigenvalue weighted by atomic mass is 9.93. The maximum Gasteiger partial charge on any atom is 0.263 e. The van der Waals surface area contributed by atoms with Gasteiger partial charge in [0.25, 0.3) is 5.56 Å². The third-order valence-electron chi connectivity index (χ3n) is 11.0. The van der Waals surface area contributed by atoms with E-state index in [1.807, 2.05) is 33.9 Å². The summed E-state index contributed by atoms with van der Waals surface area (Å²) in [5, 5.41) is 8.22. The Kier molecular flexibility index (Phi) is 6.28. The van der Waals surface area contributed by atoms with Gasteiger partial charge in [-0.05, 0) is 76.3 Å². The molecule has 7 aromatic carbocycles. The van der Waals surface area contributed by atoms with Crippen molar-refractivity contribution < 1.29 is 0 Å². The van der Waals surface area contributed by atoms with Gasteiger partial charge >= 0.3 is 0 Å². The Labute approximate surface area is 308 Å². The molecule has 11 aromatic rings. The number of hydrogen-bond donors (Lipinski definition) is 0. The first-order valence-corrected chi connectivity index (χ1v) is 18.6. The first-order valence-electron chi connectivity index (χ1n) is 17.8. The average molecular weight is 695 g/mol. The molecule has 0 saturated carbocycles. The van der Waals surface area contributed by atoms with Gasteiger partial charge in [0.2, 0.25) is 0 Å². The van der Waals surface area contributed by atoms with Crippen LogP contribution in [0.5, 0.6) is 0 Å². The quantitative estimate of drug-likeness (QED) is 0.176. The highest BCUT2D eigenvalue weighted by molar-refractivity contribution is 7.25. The molecular formula is C49H30N2OS. The number of hydrogen-bond acceptors (Lipinski definition) is 2. The number of fused-ring (bicyclic) bond motifs is 9. The van der Waals surface area contributed by atoms with E-state index in [-0.39, 0.29) is 5.56 Å². The maximum absolute atomic E-state index is 14.0. The second kappa shape index (κ2) is 11.1. The summed E-state index contributed by atoms with van der Waals surface area (Å²) in [6, 6.07) is 52.3. The van der Waals surface area contributed by atoms with Gasteiger partial charge in [-0.3, -0.25) is 9.20 Å². The number of aromatic nitrogens is 2. The van der Waals surface area contributed by atoms with Crippen LogP contribution in [0.3, 0.4) is 0 Å². The van der Waals surface area contributed by atoms with Crippen LogP contribution < -0.4 is 5.56 Å². The second-order valence-electron chi connectivity index (χ2n) is 13.7. The molecule has 4 heterocycles. The minimum atomic E-state index is -0.0747. The summed E-state index contributed by atoms with van der Waals surface area (Å²) in [5.41, 5.74) is 11.1. The smallest absolute Gasteiger partial charge is 0.263 e. The Bertz CT molecular complexity index is 3410. The zero-order valence-corrected chi connectivity index (χ0v) is 29.5. The first-order chi connectivity index (χ1) is 26.1. The van der Waals surface area contributed by atoms with Crippen molar-refractivity contribution in [1.82, 2.24) is 8.97 Å². The predicted molar refractivity (Wildman–Crippen MR) is 228 cm³/mol. The molecule has 0 aliphatic carbocycles. The Morgan fingerprint density at radius 2 is 1.19 bits per heavy atom. The molecule has 0 radical (unpaired) electrons. The van der Waals surface area contributed by atoms with Crippen LogP contribution >= 0.6 is 11.3 Å². The minimum Gasteiger partial charge on any atom is -0.309 e. The standard InChI is InChI=1S/C49H30N2OS/c1-3-33-34(4-2)49(52)51-43-21-9-6-19-39(43)47-35(23-24-38(33)48(47)51)31-15-11-13-29(25-31)30-14-12-16-32(26-30)50-42-20-8-5-17-36(42)40-28-46-41(27-44(40)50)37-18-7-10-22-45(37)53-46/h3-28H,1-2H2. The molecule has 0 spiro atoms. The summed E-state index contributed by atoms with van der Waals surface area (Å²) in [5.74, 6) is 0. The van der Waals surface area contributed by atoms with E-state index < -0.39 is 0 Å². The van der Waals surface area contributed by atoms with Gasteiger partial charge in [0.1, 0.15) is 0 Å². The van der Waals surface area contributed by atoms with Crippen LogP contribution in [-0.2, 0) is 0 Å². The molecule has 4 aromatic heterocycles. The lowest BCUT2D eigenvalue weighted by Gasteiger charge is -2.13. The van der Waals surface area contributed by atoms with Crippen molar-refractivity contribution in [3.05, 3.63) is 180 Å². The van der Waals surface area contributed by atoms with Gasteiger partial charge in [-0.25, -0.2) is 0 Å². The molecule has 53 heavy (non-hydrogen) atoms. The molecule has 0 fully saturated rings. The van der Waals surface area contributed by atoms with E-state index in [0.717, 1.165) is 60.7 Å². The van der Waals surface area contributed by atoms with Gasteiger partial charge in [-0.15, -0.1) is 11.3 Å². The van der Waals surface area contributed by atoms with Crippen molar-refractivity contribution in [2.45, 2.75) is 0 Å². The van der Waals surface area contributed by atoms with E-state index in [0.29, 0.717) is 5.56 Å². The molecule has 3 nitrogen and oxygen atoms in total. The highest BCUT2D eigenvalue weighted by Crippen LogP contribution is 2.43. The van der Waals surface area contributed by atoms with Crippen molar-refractivity contribution >= 4 is 92.7 Å². The van der Waals surface area contributed by atoms with Gasteiger partial charge < -0.3 is 4.57 Å². The zero-order valence-electron chi connectivity index (χ0n) is 28.6. The molecule has 4 heteroatoms. The lowest BCUT2D eigenvalue weighted by Crippen LogP contribution is -2.17. The van der Waals surface area contributed by atoms with E-state index in [2.05, 4.69) is 145 Å². The normalized spacial score (nSPS) is 12.0. The minimum absolute atomic E-state index is 0.0747. The SMILES string of the molecule is C=Cc1c(C=C)c2ccc(-c3cccc(-c4cccc(-n5c6ccccc6c6cc7sc8ccccc8c7cc65)c4)c3)c3c4ccccc4n(c1=O)c23. The van der Waals surface area contributed by atoms with Crippen LogP contribution in [-0.4, -0.2) is 8.97 Å². The average Bonchev–Trinajstić information content (AvgIpc) is 3.86. The van der Waals surface area contributed by atoms with Crippen LogP contribution in [0.4, 0.5) is 0 Å². The number of benzene rings is 7. The van der Waals surface area contributed by atoms with Crippen LogP contribution in [0.1, 0.15) is 11.1 Å². The van der Waals surface area contributed by atoms with Crippen molar-refractivity contribution in [1.29, 1.82) is 0 Å². The van der Waals surface area contributed by atoms with Gasteiger partial charge in [0, 0.05) is 58.4 Å². The number of para-hydroxylation sites is 2. The van der Waals surface area contributed by atoms with E-state index in [4.69, 9.17) is 0 Å². The number of rotatable bonds is 5. The van der Waals surface area contributed by atoms with Crippen molar-refractivity contribution in [3.63, 3.8) is 0 Å². The third-order valence-corrected chi connectivity index (χ3v) is 12.2. The fraction of sp³-hybridized carbons (Fsp3) is 0. The molecule has 0 aliphatic rings. The summed E-state index contributed by atoms with van der Waals surface area (Å²) < 4.78 is 6.90. The summed E-state index contributed by atoms with van der Waals surface area (Å²) in [6.45, 7) is 8.04. The van der Waals surface area contributed by atoms with Crippen molar-refractivity contribution in [3.8, 4) is 27.9 Å². The van der Waals surface area contributed by atoms with Gasteiger partial charge in [-0.1, -0.05) is 122 Å². The van der Waals surface area contributed by atoms with Crippen LogP contribution in [0.15, 0.2) is 164 Å². The summed E-state index contributed by atoms with van der Waals surface area (Å²) in [6.07, 6.45) is 3.43. The van der Waals surface area contributed by atoms with E-state index in [1.165, 1.54) is 42.0 Å². The van der Waals surface area contributed by atoms with Gasteiger partial charge in [-0.2, -0.15) is 0 Å². The molecule has 0 N–H and O–H groups in total. The largest absolute Gasteiger partial charge is 0.309 e. The van der Waals surface area contributed by atoms with Crippen LogP contribution in [0.2, 0.25) is 0 Å². The Hall–Kier alpha value is -6.75. The fourth-order valence-electron chi connectivity index (χ4n) is 8.72. The summed E-state index contributed by atoms with van der Waals surface area (Å²) in [7, 11) is 0. The zero-order chi connectivity index (χ0) is 35.4. The predicted octanol–water partition coefficient (Wildman–Crippen LogP) is 13.1. The Balaban J connectivity index is 1.11. The molecule has 0 bridgehead atoms. The fourth-order valence-corrected chi connectivity index (χ4v) is 9.85. The molecular weight excluding hydrogens is 665 g/mol. The van der Waals surface area contributed by atoms with Crippen LogP contribution in [0, 0.1) is 0 Å². The van der Waals surface area contributed by atoms with Crippen molar-refractivity contribution in [2.75, 3.05) is 0 Å². The highest BCUT2D eigenvalue weighted by atomic mass is 32.1. The van der Waals surface area contributed by atoms with E-state index in [1.54, 1.807) is 12.2 Å². The Morgan fingerprint density at radius 3 is 2.02 bits per heavy atom. The molecule has 0 atom stereocenters. The molecule has 0 amide bonds.